The second-order valence-corrected chi connectivity index (χ2v) is 7.26. The highest BCUT2D eigenvalue weighted by Gasteiger charge is 2.26. The zero-order valence-corrected chi connectivity index (χ0v) is 17.1. The van der Waals surface area contributed by atoms with E-state index in [1.165, 1.54) is 0 Å². The molecule has 1 aliphatic heterocycles. The third-order valence-corrected chi connectivity index (χ3v) is 5.40. The normalized spacial score (nSPS) is 14.7. The zero-order valence-electron chi connectivity index (χ0n) is 17.1. The Morgan fingerprint density at radius 3 is 2.37 bits per heavy atom. The van der Waals surface area contributed by atoms with E-state index in [9.17, 15) is 4.79 Å². The Bertz CT molecular complexity index is 977. The number of rotatable bonds is 6. The van der Waals surface area contributed by atoms with E-state index >= 15 is 0 Å². The molecular weight excluding hydrogens is 380 g/mol. The third-order valence-electron chi connectivity index (χ3n) is 5.40. The van der Waals surface area contributed by atoms with E-state index in [1.807, 2.05) is 65.7 Å². The van der Waals surface area contributed by atoms with Gasteiger partial charge < -0.3 is 14.7 Å². The lowest BCUT2D eigenvalue weighted by molar-refractivity contribution is 0.0615. The van der Waals surface area contributed by atoms with Gasteiger partial charge in [-0.3, -0.25) is 9.69 Å². The largest absolute Gasteiger partial charge is 0.497 e. The molecule has 0 spiro atoms. The molecule has 0 aliphatic carbocycles. The fourth-order valence-corrected chi connectivity index (χ4v) is 3.69. The van der Waals surface area contributed by atoms with Gasteiger partial charge in [-0.1, -0.05) is 18.2 Å². The highest BCUT2D eigenvalue weighted by molar-refractivity contribution is 6.00. The molecule has 156 valence electrons. The molecule has 2 heterocycles. The van der Waals surface area contributed by atoms with Gasteiger partial charge in [-0.05, 0) is 36.4 Å². The molecule has 1 aromatic heterocycles. The lowest BCUT2D eigenvalue weighted by atomic mass is 10.1. The van der Waals surface area contributed by atoms with Crippen molar-refractivity contribution < 1.29 is 14.6 Å². The third kappa shape index (κ3) is 4.22. The summed E-state index contributed by atoms with van der Waals surface area (Å²) in [4.78, 5) is 17.4. The van der Waals surface area contributed by atoms with Crippen LogP contribution in [0, 0.1) is 0 Å². The quantitative estimate of drug-likeness (QED) is 0.680. The molecule has 7 nitrogen and oxygen atoms in total. The van der Waals surface area contributed by atoms with Crippen molar-refractivity contribution >= 4 is 5.91 Å². The highest BCUT2D eigenvalue weighted by atomic mass is 16.5. The number of para-hydroxylation sites is 1. The van der Waals surface area contributed by atoms with Crippen molar-refractivity contribution in [1.82, 2.24) is 19.6 Å². The summed E-state index contributed by atoms with van der Waals surface area (Å²) in [6.45, 7) is 3.58. The number of β-amino-alcohol motifs (C(OH)–C–C–N with tert-alkyl or cyclic N) is 1. The number of aliphatic hydroxyl groups is 1. The Balaban J connectivity index is 1.66. The van der Waals surface area contributed by atoms with Gasteiger partial charge in [0.05, 0.1) is 25.0 Å². The maximum absolute atomic E-state index is 13.4. The molecule has 0 bridgehead atoms. The molecule has 1 aliphatic rings. The Kier molecular flexibility index (Phi) is 6.11. The lowest BCUT2D eigenvalue weighted by Crippen LogP contribution is -2.49. The summed E-state index contributed by atoms with van der Waals surface area (Å²) in [7, 11) is 1.63. The minimum atomic E-state index is -0.0216. The molecule has 0 atom stereocenters. The Hall–Kier alpha value is -3.16. The standard InChI is InChI=1S/C23H26N4O3/c1-30-20-9-7-18(8-10-20)22-21(17-27(24-22)19-5-3-2-4-6-19)23(29)26-13-11-25(12-14-26)15-16-28/h2-10,17,28H,11-16H2,1H3. The molecule has 1 saturated heterocycles. The van der Waals surface area contributed by atoms with Crippen LogP contribution in [-0.4, -0.2) is 77.0 Å². The summed E-state index contributed by atoms with van der Waals surface area (Å²) in [5, 5.41) is 13.9. The van der Waals surface area contributed by atoms with Crippen molar-refractivity contribution in [1.29, 1.82) is 0 Å². The number of benzene rings is 2. The van der Waals surface area contributed by atoms with Gasteiger partial charge in [0.2, 0.25) is 0 Å². The first-order valence-corrected chi connectivity index (χ1v) is 10.1. The van der Waals surface area contributed by atoms with Crippen molar-refractivity contribution in [2.45, 2.75) is 0 Å². The average molecular weight is 406 g/mol. The number of methoxy groups -OCH3 is 1. The number of nitrogens with zero attached hydrogens (tertiary/aromatic N) is 4. The number of amides is 1. The predicted molar refractivity (Wildman–Crippen MR) is 115 cm³/mol. The molecule has 0 radical (unpaired) electrons. The lowest BCUT2D eigenvalue weighted by Gasteiger charge is -2.34. The Morgan fingerprint density at radius 1 is 1.03 bits per heavy atom. The van der Waals surface area contributed by atoms with Gasteiger partial charge in [0, 0.05) is 44.5 Å². The van der Waals surface area contributed by atoms with Gasteiger partial charge in [0.15, 0.2) is 0 Å². The molecule has 2 aromatic carbocycles. The van der Waals surface area contributed by atoms with Crippen LogP contribution in [0.4, 0.5) is 0 Å². The summed E-state index contributed by atoms with van der Waals surface area (Å²) >= 11 is 0. The summed E-state index contributed by atoms with van der Waals surface area (Å²) < 4.78 is 7.02. The summed E-state index contributed by atoms with van der Waals surface area (Å²) in [5.74, 6) is 0.737. The van der Waals surface area contributed by atoms with E-state index in [4.69, 9.17) is 14.9 Å². The number of piperazine rings is 1. The van der Waals surface area contributed by atoms with E-state index in [-0.39, 0.29) is 12.5 Å². The van der Waals surface area contributed by atoms with E-state index in [0.717, 1.165) is 30.1 Å². The van der Waals surface area contributed by atoms with Crippen LogP contribution in [0.1, 0.15) is 10.4 Å². The molecule has 7 heteroatoms. The van der Waals surface area contributed by atoms with Crippen molar-refractivity contribution in [2.24, 2.45) is 0 Å². The smallest absolute Gasteiger partial charge is 0.257 e. The van der Waals surface area contributed by atoms with E-state index in [2.05, 4.69) is 4.90 Å². The summed E-state index contributed by atoms with van der Waals surface area (Å²) in [5.41, 5.74) is 3.01. The van der Waals surface area contributed by atoms with Crippen LogP contribution in [0.25, 0.3) is 16.9 Å². The minimum Gasteiger partial charge on any atom is -0.497 e. The van der Waals surface area contributed by atoms with Crippen LogP contribution < -0.4 is 4.74 Å². The van der Waals surface area contributed by atoms with Crippen LogP contribution >= 0.6 is 0 Å². The van der Waals surface area contributed by atoms with Crippen LogP contribution in [0.2, 0.25) is 0 Å². The van der Waals surface area contributed by atoms with Gasteiger partial charge in [-0.25, -0.2) is 4.68 Å². The number of aliphatic hydroxyl groups excluding tert-OH is 1. The average Bonchev–Trinajstić information content (AvgIpc) is 3.25. The monoisotopic (exact) mass is 406 g/mol. The van der Waals surface area contributed by atoms with Crippen molar-refractivity contribution in [2.75, 3.05) is 46.4 Å². The van der Waals surface area contributed by atoms with Gasteiger partial charge in [-0.2, -0.15) is 5.10 Å². The fourth-order valence-electron chi connectivity index (χ4n) is 3.69. The first-order chi connectivity index (χ1) is 14.7. The summed E-state index contributed by atoms with van der Waals surface area (Å²) in [6.07, 6.45) is 1.82. The van der Waals surface area contributed by atoms with Crippen LogP contribution in [-0.2, 0) is 0 Å². The number of aromatic nitrogens is 2. The van der Waals surface area contributed by atoms with Gasteiger partial charge in [-0.15, -0.1) is 0 Å². The topological polar surface area (TPSA) is 70.8 Å². The second-order valence-electron chi connectivity index (χ2n) is 7.26. The van der Waals surface area contributed by atoms with Gasteiger partial charge >= 0.3 is 0 Å². The highest BCUT2D eigenvalue weighted by Crippen LogP contribution is 2.27. The predicted octanol–water partition coefficient (Wildman–Crippen LogP) is 2.30. The number of ether oxygens (including phenoxy) is 1. The van der Waals surface area contributed by atoms with Gasteiger partial charge in [0.1, 0.15) is 11.4 Å². The van der Waals surface area contributed by atoms with Crippen molar-refractivity contribution in [3.8, 4) is 22.7 Å². The van der Waals surface area contributed by atoms with Crippen molar-refractivity contribution in [3.05, 3.63) is 66.4 Å². The molecule has 30 heavy (non-hydrogen) atoms. The summed E-state index contributed by atoms with van der Waals surface area (Å²) in [6, 6.07) is 17.4. The number of carbonyl (C=O) groups excluding carboxylic acids is 1. The zero-order chi connectivity index (χ0) is 20.9. The molecule has 0 saturated carbocycles. The van der Waals surface area contributed by atoms with E-state index in [1.54, 1.807) is 11.8 Å². The SMILES string of the molecule is COc1ccc(-c2nn(-c3ccccc3)cc2C(=O)N2CCN(CCO)CC2)cc1. The first-order valence-electron chi connectivity index (χ1n) is 10.1. The number of hydrogen-bond donors (Lipinski definition) is 1. The molecule has 1 fully saturated rings. The minimum absolute atomic E-state index is 0.0216. The Morgan fingerprint density at radius 2 is 1.73 bits per heavy atom. The van der Waals surface area contributed by atoms with E-state index in [0.29, 0.717) is 30.9 Å². The molecule has 4 rings (SSSR count). The maximum Gasteiger partial charge on any atom is 0.257 e. The number of hydrogen-bond acceptors (Lipinski definition) is 5. The van der Waals surface area contributed by atoms with Crippen LogP contribution in [0.5, 0.6) is 5.75 Å². The molecule has 3 aromatic rings. The fraction of sp³-hybridized carbons (Fsp3) is 0.304. The number of carbonyl (C=O) groups is 1. The molecular formula is C23H26N4O3. The maximum atomic E-state index is 13.4. The van der Waals surface area contributed by atoms with Gasteiger partial charge in [0.25, 0.3) is 5.91 Å². The molecule has 0 unspecified atom stereocenters. The second kappa shape index (κ2) is 9.11. The molecule has 1 amide bonds. The van der Waals surface area contributed by atoms with Crippen molar-refractivity contribution in [3.63, 3.8) is 0 Å². The van der Waals surface area contributed by atoms with Crippen LogP contribution in [0.15, 0.2) is 60.8 Å². The van der Waals surface area contributed by atoms with Crippen LogP contribution in [0.3, 0.4) is 0 Å². The Labute approximate surface area is 176 Å². The molecule has 1 N–H and O–H groups in total. The first kappa shape index (κ1) is 20.1. The van der Waals surface area contributed by atoms with E-state index < -0.39 is 0 Å².